The number of rotatable bonds is 10. The highest BCUT2D eigenvalue weighted by molar-refractivity contribution is 6.14. The summed E-state index contributed by atoms with van der Waals surface area (Å²) in [7, 11) is 3.03. The monoisotopic (exact) mass is 470 g/mol. The fraction of sp³-hybridized carbons (Fsp3) is 0.217. The number of nitrogens with two attached hydrogens (primary N) is 1. The Kier molecular flexibility index (Phi) is 7.36. The maximum atomic E-state index is 12.7. The van der Waals surface area contributed by atoms with E-state index in [0.29, 0.717) is 22.6 Å². The van der Waals surface area contributed by atoms with Crippen LogP contribution in [0.2, 0.25) is 0 Å². The van der Waals surface area contributed by atoms with Gasteiger partial charge in [0.05, 0.1) is 26.2 Å². The molecular weight excluding hydrogens is 448 g/mol. The summed E-state index contributed by atoms with van der Waals surface area (Å²) in [5, 5.41) is 11.2. The second-order valence-corrected chi connectivity index (χ2v) is 7.12. The van der Waals surface area contributed by atoms with Crippen molar-refractivity contribution in [2.24, 2.45) is 5.73 Å². The van der Waals surface area contributed by atoms with Crippen LogP contribution in [0.3, 0.4) is 0 Å². The first-order chi connectivity index (χ1) is 16.2. The molecule has 3 rings (SSSR count). The molecule has 1 unspecified atom stereocenters. The van der Waals surface area contributed by atoms with Gasteiger partial charge in [-0.25, -0.2) is 4.79 Å². The molecule has 0 bridgehead atoms. The number of ketones is 1. The van der Waals surface area contributed by atoms with Gasteiger partial charge in [0.25, 0.3) is 5.91 Å². The average molecular weight is 470 g/mol. The van der Waals surface area contributed by atoms with Crippen molar-refractivity contribution in [1.82, 2.24) is 5.32 Å². The molecular formula is C23H22N2O9. The smallest absolute Gasteiger partial charge is 0.326 e. The van der Waals surface area contributed by atoms with Crippen molar-refractivity contribution in [3.05, 3.63) is 53.3 Å². The predicted molar refractivity (Wildman–Crippen MR) is 118 cm³/mol. The van der Waals surface area contributed by atoms with E-state index in [9.17, 15) is 19.2 Å². The minimum absolute atomic E-state index is 0.0733. The average Bonchev–Trinajstić information content (AvgIpc) is 3.11. The quantitative estimate of drug-likeness (QED) is 0.432. The van der Waals surface area contributed by atoms with E-state index in [-0.39, 0.29) is 23.0 Å². The summed E-state index contributed by atoms with van der Waals surface area (Å²) in [6.45, 7) is -0.527. The molecule has 0 spiro atoms. The second kappa shape index (κ2) is 10.4. The highest BCUT2D eigenvalue weighted by atomic mass is 16.5. The van der Waals surface area contributed by atoms with E-state index < -0.39 is 36.9 Å². The number of methoxy groups -OCH3 is 2. The third-order valence-corrected chi connectivity index (χ3v) is 4.78. The van der Waals surface area contributed by atoms with E-state index in [1.54, 1.807) is 24.3 Å². The van der Waals surface area contributed by atoms with Gasteiger partial charge in [-0.15, -0.1) is 0 Å². The zero-order valence-electron chi connectivity index (χ0n) is 18.3. The van der Waals surface area contributed by atoms with Gasteiger partial charge < -0.3 is 35.1 Å². The SMILES string of the molecule is COc1ccc(C=C2Oc3cc(OCC(=O)NC(CC(N)=O)C(=O)O)ccc3C2=O)c(OC)c1. The van der Waals surface area contributed by atoms with E-state index in [1.807, 2.05) is 0 Å². The van der Waals surface area contributed by atoms with E-state index in [2.05, 4.69) is 5.32 Å². The molecule has 11 heteroatoms. The van der Waals surface area contributed by atoms with Crippen molar-refractivity contribution in [2.75, 3.05) is 20.8 Å². The molecule has 0 fully saturated rings. The highest BCUT2D eigenvalue weighted by Gasteiger charge is 2.28. The lowest BCUT2D eigenvalue weighted by Crippen LogP contribution is -2.45. The van der Waals surface area contributed by atoms with Gasteiger partial charge in [-0.1, -0.05) is 0 Å². The summed E-state index contributed by atoms with van der Waals surface area (Å²) in [6, 6.07) is 8.06. The number of nitrogens with one attached hydrogen (secondary N) is 1. The van der Waals surface area contributed by atoms with Gasteiger partial charge in [-0.3, -0.25) is 14.4 Å². The lowest BCUT2D eigenvalue weighted by Gasteiger charge is -2.13. The molecule has 0 saturated carbocycles. The Morgan fingerprint density at radius 1 is 1.12 bits per heavy atom. The molecule has 0 radical (unpaired) electrons. The molecule has 1 aliphatic rings. The Labute approximate surface area is 194 Å². The van der Waals surface area contributed by atoms with Crippen LogP contribution in [0, 0.1) is 0 Å². The summed E-state index contributed by atoms with van der Waals surface area (Å²) >= 11 is 0. The molecule has 0 saturated heterocycles. The number of hydrogen-bond donors (Lipinski definition) is 3. The largest absolute Gasteiger partial charge is 0.497 e. The summed E-state index contributed by atoms with van der Waals surface area (Å²) < 4.78 is 21.5. The van der Waals surface area contributed by atoms with Crippen molar-refractivity contribution >= 4 is 29.6 Å². The number of ether oxygens (including phenoxy) is 4. The van der Waals surface area contributed by atoms with Crippen LogP contribution in [0.15, 0.2) is 42.2 Å². The molecule has 34 heavy (non-hydrogen) atoms. The fourth-order valence-corrected chi connectivity index (χ4v) is 3.12. The first kappa shape index (κ1) is 24.1. The zero-order chi connectivity index (χ0) is 24.8. The summed E-state index contributed by atoms with van der Waals surface area (Å²) in [6.07, 6.45) is 0.989. The summed E-state index contributed by atoms with van der Waals surface area (Å²) in [5.41, 5.74) is 5.90. The van der Waals surface area contributed by atoms with Crippen LogP contribution in [0.4, 0.5) is 0 Å². The van der Waals surface area contributed by atoms with Gasteiger partial charge in [-0.2, -0.15) is 0 Å². The maximum Gasteiger partial charge on any atom is 0.326 e. The van der Waals surface area contributed by atoms with Gasteiger partial charge in [0, 0.05) is 17.7 Å². The molecule has 1 aliphatic heterocycles. The number of amides is 2. The van der Waals surface area contributed by atoms with Crippen LogP contribution >= 0.6 is 0 Å². The summed E-state index contributed by atoms with van der Waals surface area (Å²) in [4.78, 5) is 46.8. The number of primary amides is 1. The Bertz CT molecular complexity index is 1170. The third-order valence-electron chi connectivity index (χ3n) is 4.78. The van der Waals surface area contributed by atoms with Crippen LogP contribution in [0.1, 0.15) is 22.3 Å². The predicted octanol–water partition coefficient (Wildman–Crippen LogP) is 1.14. The lowest BCUT2D eigenvalue weighted by atomic mass is 10.1. The standard InChI is InChI=1S/C23H22N2O9/c1-31-13-4-3-12(17(8-13)32-2)7-19-22(28)15-6-5-14(9-18(15)34-19)33-11-21(27)25-16(23(29)30)10-20(24)26/h3-9,16H,10-11H2,1-2H3,(H2,24,26)(H,25,27)(H,29,30). The maximum absolute atomic E-state index is 12.7. The number of carbonyl (C=O) groups excluding carboxylic acids is 3. The molecule has 2 aromatic carbocycles. The van der Waals surface area contributed by atoms with Crippen LogP contribution in [0.25, 0.3) is 6.08 Å². The number of fused-ring (bicyclic) bond motifs is 1. The van der Waals surface area contributed by atoms with E-state index in [4.69, 9.17) is 29.8 Å². The Hall–Kier alpha value is -4.54. The molecule has 11 nitrogen and oxygen atoms in total. The molecule has 2 amide bonds. The Balaban J connectivity index is 1.69. The topological polar surface area (TPSA) is 163 Å². The molecule has 178 valence electrons. The molecule has 1 heterocycles. The number of carboxylic acid groups (broad SMARTS) is 1. The first-order valence-corrected chi connectivity index (χ1v) is 9.95. The number of benzene rings is 2. The van der Waals surface area contributed by atoms with Gasteiger partial charge in [0.1, 0.15) is 29.0 Å². The first-order valence-electron chi connectivity index (χ1n) is 9.95. The van der Waals surface area contributed by atoms with Crippen molar-refractivity contribution in [1.29, 1.82) is 0 Å². The van der Waals surface area contributed by atoms with Crippen LogP contribution in [-0.2, 0) is 14.4 Å². The number of hydrogen-bond acceptors (Lipinski definition) is 8. The zero-order valence-corrected chi connectivity index (χ0v) is 18.3. The molecule has 4 N–H and O–H groups in total. The van der Waals surface area contributed by atoms with Crippen molar-refractivity contribution < 1.29 is 43.2 Å². The Morgan fingerprint density at radius 3 is 2.50 bits per heavy atom. The fourth-order valence-electron chi connectivity index (χ4n) is 3.12. The molecule has 2 aromatic rings. The van der Waals surface area contributed by atoms with Crippen molar-refractivity contribution in [3.8, 4) is 23.0 Å². The number of carbonyl (C=O) groups is 4. The van der Waals surface area contributed by atoms with Gasteiger partial charge in [0.2, 0.25) is 11.7 Å². The van der Waals surface area contributed by atoms with Crippen LogP contribution in [0.5, 0.6) is 23.0 Å². The Morgan fingerprint density at radius 2 is 1.85 bits per heavy atom. The lowest BCUT2D eigenvalue weighted by molar-refractivity contribution is -0.143. The number of aliphatic carboxylic acids is 1. The van der Waals surface area contributed by atoms with Crippen molar-refractivity contribution in [3.63, 3.8) is 0 Å². The minimum Gasteiger partial charge on any atom is -0.497 e. The van der Waals surface area contributed by atoms with Crippen LogP contribution in [-0.4, -0.2) is 55.5 Å². The van der Waals surface area contributed by atoms with Crippen LogP contribution < -0.4 is 30.0 Å². The highest BCUT2D eigenvalue weighted by Crippen LogP contribution is 2.36. The number of Topliss-reactive ketones (excluding diaryl/α,β-unsaturated/α-hetero) is 1. The van der Waals surface area contributed by atoms with Gasteiger partial charge >= 0.3 is 5.97 Å². The van der Waals surface area contributed by atoms with Crippen molar-refractivity contribution in [2.45, 2.75) is 12.5 Å². The van der Waals surface area contributed by atoms with E-state index in [1.165, 1.54) is 32.4 Å². The van der Waals surface area contributed by atoms with E-state index in [0.717, 1.165) is 0 Å². The number of carboxylic acids is 1. The second-order valence-electron chi connectivity index (χ2n) is 7.12. The third kappa shape index (κ3) is 5.63. The normalized spacial score (nSPS) is 14.1. The molecule has 0 aromatic heterocycles. The van der Waals surface area contributed by atoms with E-state index >= 15 is 0 Å². The molecule has 0 aliphatic carbocycles. The minimum atomic E-state index is -1.46. The summed E-state index contributed by atoms with van der Waals surface area (Å²) in [5.74, 6) is -1.77. The van der Waals surface area contributed by atoms with Gasteiger partial charge in [0.15, 0.2) is 12.4 Å². The van der Waals surface area contributed by atoms with Gasteiger partial charge in [-0.05, 0) is 30.3 Å². The number of allylic oxidation sites excluding steroid dienone is 1. The molecule has 1 atom stereocenters.